The van der Waals surface area contributed by atoms with Gasteiger partial charge in [-0.3, -0.25) is 4.79 Å². The van der Waals surface area contributed by atoms with Gasteiger partial charge in [0.25, 0.3) is 5.91 Å². The van der Waals surface area contributed by atoms with Crippen LogP contribution in [0.25, 0.3) is 0 Å². The zero-order valence-corrected chi connectivity index (χ0v) is 14.1. The fourth-order valence-corrected chi connectivity index (χ4v) is 2.15. The lowest BCUT2D eigenvalue weighted by Crippen LogP contribution is -2.34. The number of ether oxygens (including phenoxy) is 2. The Labute approximate surface area is 146 Å². The van der Waals surface area contributed by atoms with E-state index in [0.29, 0.717) is 36.9 Å². The summed E-state index contributed by atoms with van der Waals surface area (Å²) in [5, 5.41) is 13.0. The van der Waals surface area contributed by atoms with Gasteiger partial charge in [0.1, 0.15) is 25.1 Å². The van der Waals surface area contributed by atoms with Gasteiger partial charge in [0.05, 0.1) is 5.56 Å². The number of carbonyl (C=O) groups is 1. The van der Waals surface area contributed by atoms with Gasteiger partial charge in [-0.25, -0.2) is 4.98 Å². The highest BCUT2D eigenvalue weighted by Gasteiger charge is 2.09. The Bertz CT molecular complexity index is 694. The van der Waals surface area contributed by atoms with Crippen molar-refractivity contribution in [2.24, 2.45) is 5.73 Å². The van der Waals surface area contributed by atoms with E-state index in [1.807, 2.05) is 19.1 Å². The number of pyridine rings is 1. The Kier molecular flexibility index (Phi) is 7.18. The number of hydrogen-bond donors (Lipinski definition) is 3. The molecule has 0 saturated heterocycles. The normalized spacial score (nSPS) is 11.8. The molecule has 0 aliphatic heterocycles. The first-order chi connectivity index (χ1) is 12.1. The number of aliphatic hydroxyl groups excluding tert-OH is 1. The van der Waals surface area contributed by atoms with Gasteiger partial charge < -0.3 is 25.6 Å². The van der Waals surface area contributed by atoms with Crippen LogP contribution in [0, 0.1) is 6.92 Å². The van der Waals surface area contributed by atoms with Crippen molar-refractivity contribution in [2.45, 2.75) is 13.0 Å². The van der Waals surface area contributed by atoms with Crippen molar-refractivity contribution in [2.75, 3.05) is 26.3 Å². The van der Waals surface area contributed by atoms with Crippen LogP contribution in [0.15, 0.2) is 42.6 Å². The highest BCUT2D eigenvalue weighted by Crippen LogP contribution is 2.16. The van der Waals surface area contributed by atoms with Crippen molar-refractivity contribution in [1.82, 2.24) is 10.3 Å². The number of aliphatic hydroxyl groups is 1. The molecule has 1 atom stereocenters. The summed E-state index contributed by atoms with van der Waals surface area (Å²) in [6, 6.07) is 10.5. The zero-order chi connectivity index (χ0) is 18.1. The molecule has 1 aromatic heterocycles. The third-order valence-electron chi connectivity index (χ3n) is 3.44. The number of aromatic nitrogens is 1. The van der Waals surface area contributed by atoms with E-state index < -0.39 is 12.0 Å². The van der Waals surface area contributed by atoms with Crippen LogP contribution in [0.3, 0.4) is 0 Å². The summed E-state index contributed by atoms with van der Waals surface area (Å²) in [7, 11) is 0. The van der Waals surface area contributed by atoms with Gasteiger partial charge in [0.2, 0.25) is 5.88 Å². The molecule has 0 radical (unpaired) electrons. The number of hydrogen-bond acceptors (Lipinski definition) is 6. The topological polar surface area (TPSA) is 107 Å². The number of rotatable bonds is 10. The van der Waals surface area contributed by atoms with Crippen LogP contribution < -0.4 is 20.5 Å². The molecule has 0 saturated carbocycles. The summed E-state index contributed by atoms with van der Waals surface area (Å²) in [4.78, 5) is 15.4. The molecule has 0 spiro atoms. The van der Waals surface area contributed by atoms with Gasteiger partial charge in [0, 0.05) is 24.8 Å². The smallest absolute Gasteiger partial charge is 0.252 e. The maximum Gasteiger partial charge on any atom is 0.252 e. The molecule has 2 aromatic rings. The first kappa shape index (κ1) is 18.7. The van der Waals surface area contributed by atoms with Crippen LogP contribution >= 0.6 is 0 Å². The Morgan fingerprint density at radius 3 is 2.84 bits per heavy atom. The van der Waals surface area contributed by atoms with E-state index >= 15 is 0 Å². The fraction of sp³-hybridized carbons (Fsp3) is 0.333. The van der Waals surface area contributed by atoms with Crippen molar-refractivity contribution in [1.29, 1.82) is 0 Å². The number of benzene rings is 1. The SMILES string of the molecule is Cc1cccnc1OCC(O)CNCCOc1ccccc1C(N)=O. The second kappa shape index (κ2) is 9.61. The van der Waals surface area contributed by atoms with E-state index in [9.17, 15) is 9.90 Å². The molecule has 7 nitrogen and oxygen atoms in total. The summed E-state index contributed by atoms with van der Waals surface area (Å²) in [6.07, 6.45) is 0.980. The minimum absolute atomic E-state index is 0.149. The summed E-state index contributed by atoms with van der Waals surface area (Å²) < 4.78 is 11.0. The van der Waals surface area contributed by atoms with E-state index in [2.05, 4.69) is 10.3 Å². The second-order valence-electron chi connectivity index (χ2n) is 5.50. The first-order valence-corrected chi connectivity index (χ1v) is 8.02. The third kappa shape index (κ3) is 6.06. The lowest BCUT2D eigenvalue weighted by molar-refractivity contribution is 0.0995. The molecule has 1 heterocycles. The van der Waals surface area contributed by atoms with Gasteiger partial charge >= 0.3 is 0 Å². The largest absolute Gasteiger partial charge is 0.491 e. The van der Waals surface area contributed by atoms with Crippen LogP contribution in [-0.2, 0) is 0 Å². The van der Waals surface area contributed by atoms with Gasteiger partial charge in [-0.05, 0) is 25.1 Å². The minimum atomic E-state index is -0.667. The molecular formula is C18H23N3O4. The Balaban J connectivity index is 1.64. The lowest BCUT2D eigenvalue weighted by atomic mass is 10.2. The number of carbonyl (C=O) groups excluding carboxylic acids is 1. The molecule has 1 unspecified atom stereocenters. The van der Waals surface area contributed by atoms with Crippen molar-refractivity contribution in [3.8, 4) is 11.6 Å². The number of nitrogens with one attached hydrogen (secondary N) is 1. The minimum Gasteiger partial charge on any atom is -0.491 e. The molecule has 1 amide bonds. The number of nitrogens with zero attached hydrogens (tertiary/aromatic N) is 1. The van der Waals surface area contributed by atoms with E-state index in [1.54, 1.807) is 30.5 Å². The summed E-state index contributed by atoms with van der Waals surface area (Å²) >= 11 is 0. The van der Waals surface area contributed by atoms with E-state index in [-0.39, 0.29) is 6.61 Å². The van der Waals surface area contributed by atoms with Crippen LogP contribution in [-0.4, -0.2) is 48.4 Å². The molecule has 0 aliphatic rings. The zero-order valence-electron chi connectivity index (χ0n) is 14.1. The average molecular weight is 345 g/mol. The monoisotopic (exact) mass is 345 g/mol. The molecule has 25 heavy (non-hydrogen) atoms. The van der Waals surface area contributed by atoms with Gasteiger partial charge in [-0.2, -0.15) is 0 Å². The van der Waals surface area contributed by atoms with Crippen molar-refractivity contribution in [3.63, 3.8) is 0 Å². The Morgan fingerprint density at radius 2 is 2.08 bits per heavy atom. The molecule has 2 rings (SSSR count). The van der Waals surface area contributed by atoms with Crippen LogP contribution in [0.4, 0.5) is 0 Å². The highest BCUT2D eigenvalue weighted by molar-refractivity contribution is 5.95. The number of para-hydroxylation sites is 1. The standard InChI is InChI=1S/C18H23N3O4/c1-13-5-4-8-21-18(13)25-12-14(22)11-20-9-10-24-16-7-3-2-6-15(16)17(19)23/h2-8,14,20,22H,9-12H2,1H3,(H2,19,23). The van der Waals surface area contributed by atoms with Crippen molar-refractivity contribution in [3.05, 3.63) is 53.7 Å². The predicted octanol–water partition coefficient (Wildman–Crippen LogP) is 0.897. The van der Waals surface area contributed by atoms with Crippen molar-refractivity contribution < 1.29 is 19.4 Å². The Hall–Kier alpha value is -2.64. The molecule has 0 bridgehead atoms. The number of aryl methyl sites for hydroxylation is 1. The van der Waals surface area contributed by atoms with Gasteiger partial charge in [-0.15, -0.1) is 0 Å². The fourth-order valence-electron chi connectivity index (χ4n) is 2.15. The summed E-state index contributed by atoms with van der Waals surface area (Å²) in [5.74, 6) is 0.445. The molecule has 0 aliphatic carbocycles. The summed E-state index contributed by atoms with van der Waals surface area (Å²) in [6.45, 7) is 3.25. The maximum absolute atomic E-state index is 11.3. The Morgan fingerprint density at radius 1 is 1.28 bits per heavy atom. The summed E-state index contributed by atoms with van der Waals surface area (Å²) in [5.41, 5.74) is 6.56. The second-order valence-corrected chi connectivity index (χ2v) is 5.50. The van der Waals surface area contributed by atoms with Crippen LogP contribution in [0.2, 0.25) is 0 Å². The van der Waals surface area contributed by atoms with Gasteiger partial charge in [-0.1, -0.05) is 18.2 Å². The van der Waals surface area contributed by atoms with Crippen LogP contribution in [0.5, 0.6) is 11.6 Å². The number of primary amides is 1. The molecule has 134 valence electrons. The molecular weight excluding hydrogens is 322 g/mol. The highest BCUT2D eigenvalue weighted by atomic mass is 16.5. The quantitative estimate of drug-likeness (QED) is 0.552. The lowest BCUT2D eigenvalue weighted by Gasteiger charge is -2.14. The molecule has 7 heteroatoms. The number of nitrogens with two attached hydrogens (primary N) is 1. The molecule has 1 aromatic carbocycles. The van der Waals surface area contributed by atoms with Crippen LogP contribution in [0.1, 0.15) is 15.9 Å². The van der Waals surface area contributed by atoms with Crippen molar-refractivity contribution >= 4 is 5.91 Å². The van der Waals surface area contributed by atoms with E-state index in [4.69, 9.17) is 15.2 Å². The number of amides is 1. The third-order valence-corrected chi connectivity index (χ3v) is 3.44. The van der Waals surface area contributed by atoms with E-state index in [1.165, 1.54) is 0 Å². The maximum atomic E-state index is 11.3. The predicted molar refractivity (Wildman–Crippen MR) is 93.8 cm³/mol. The van der Waals surface area contributed by atoms with Gasteiger partial charge in [0.15, 0.2) is 0 Å². The first-order valence-electron chi connectivity index (χ1n) is 8.02. The molecule has 0 fully saturated rings. The van der Waals surface area contributed by atoms with E-state index in [0.717, 1.165) is 5.56 Å². The molecule has 4 N–H and O–H groups in total. The average Bonchev–Trinajstić information content (AvgIpc) is 2.61.